The van der Waals surface area contributed by atoms with Gasteiger partial charge in [-0.05, 0) is 39.0 Å². The zero-order chi connectivity index (χ0) is 27.6. The van der Waals surface area contributed by atoms with Gasteiger partial charge in [-0.25, -0.2) is 4.79 Å². The van der Waals surface area contributed by atoms with Crippen molar-refractivity contribution in [2.45, 2.75) is 45.5 Å². The van der Waals surface area contributed by atoms with E-state index in [0.717, 1.165) is 17.9 Å². The minimum absolute atomic E-state index is 0.0175. The predicted octanol–water partition coefficient (Wildman–Crippen LogP) is 1.39. The van der Waals surface area contributed by atoms with Crippen molar-refractivity contribution in [3.05, 3.63) is 29.8 Å². The molecule has 2 atom stereocenters. The second-order valence-electron chi connectivity index (χ2n) is 7.54. The molecule has 0 aliphatic carbocycles. The number of hydrogen-bond donors (Lipinski definition) is 0. The van der Waals surface area contributed by atoms with E-state index >= 15 is 0 Å². The molecule has 2 amide bonds. The highest BCUT2D eigenvalue weighted by Gasteiger charge is 2.44. The van der Waals surface area contributed by atoms with Gasteiger partial charge in [-0.3, -0.25) is 14.4 Å². The van der Waals surface area contributed by atoms with Crippen LogP contribution < -0.4 is 4.90 Å². The summed E-state index contributed by atoms with van der Waals surface area (Å²) in [7, 11) is 0. The van der Waals surface area contributed by atoms with Gasteiger partial charge < -0.3 is 24.0 Å². The Morgan fingerprint density at radius 1 is 1.30 bits per heavy atom. The number of carbonyl (C=O) groups is 4. The molecule has 1 saturated heterocycles. The maximum atomic E-state index is 13.3. The van der Waals surface area contributed by atoms with Crippen molar-refractivity contribution in [2.75, 3.05) is 32.0 Å². The summed E-state index contributed by atoms with van der Waals surface area (Å²) in [5, 5.41) is 0. The molecule has 1 aromatic rings. The quantitative estimate of drug-likeness (QED) is 0.656. The van der Waals surface area contributed by atoms with Crippen LogP contribution in [0.5, 0.6) is 0 Å². The summed E-state index contributed by atoms with van der Waals surface area (Å²) >= 11 is 0. The summed E-state index contributed by atoms with van der Waals surface area (Å²) < 4.78 is 60.5. The zero-order valence-corrected chi connectivity index (χ0v) is 17.1. The summed E-state index contributed by atoms with van der Waals surface area (Å²) in [5.74, 6) is -3.92. The van der Waals surface area contributed by atoms with Gasteiger partial charge in [0.15, 0.2) is 6.10 Å². The first-order chi connectivity index (χ1) is 16.3. The second-order valence-corrected chi connectivity index (χ2v) is 7.54. The van der Waals surface area contributed by atoms with E-state index in [1.807, 2.05) is 0 Å². The van der Waals surface area contributed by atoms with Crippen LogP contribution in [-0.2, 0) is 28.6 Å². The molecular weight excluding hydrogens is 392 g/mol. The van der Waals surface area contributed by atoms with Crippen LogP contribution in [0.1, 0.15) is 46.3 Å². The average molecular weight is 426 g/mol. The number of anilines is 1. The van der Waals surface area contributed by atoms with Gasteiger partial charge >= 0.3 is 11.9 Å². The third-order valence-corrected chi connectivity index (χ3v) is 3.94. The molecule has 1 aliphatic rings. The predicted molar refractivity (Wildman–Crippen MR) is 108 cm³/mol. The Morgan fingerprint density at radius 3 is 2.60 bits per heavy atom. The Morgan fingerprint density at radius 2 is 2.00 bits per heavy atom. The van der Waals surface area contributed by atoms with Crippen LogP contribution in [-0.4, -0.2) is 73.6 Å². The van der Waals surface area contributed by atoms with Crippen molar-refractivity contribution in [1.82, 2.24) is 4.90 Å². The van der Waals surface area contributed by atoms with Crippen molar-refractivity contribution in [3.63, 3.8) is 0 Å². The molecule has 0 N–H and O–H groups in total. The number of carbonyl (C=O) groups excluding carboxylic acids is 4. The lowest BCUT2D eigenvalue weighted by atomic mass is 10.1. The molecule has 0 bridgehead atoms. The number of nitrogens with zero attached hydrogens (tertiary/aromatic N) is 2. The molecule has 1 heterocycles. The molecule has 2 rings (SSSR count). The number of hydrogen-bond acceptors (Lipinski definition) is 7. The summed E-state index contributed by atoms with van der Waals surface area (Å²) in [6.07, 6.45) is -3.26. The van der Waals surface area contributed by atoms with Gasteiger partial charge in [0.05, 0.1) is 6.61 Å². The molecular formula is C21H28N2O7. The van der Waals surface area contributed by atoms with Gasteiger partial charge in [0.1, 0.15) is 5.60 Å². The van der Waals surface area contributed by atoms with Crippen LogP contribution in [0.2, 0.25) is 0 Å². The number of morpholine rings is 1. The molecule has 9 heteroatoms. The standard InChI is InChI=1S/C21H28N2O7/c1-13(24)29-17(20(27)30-21(2,3)4)16-19(26)23(10-11-28-16)15-9-7-8-14(12-15)18(25)22(5)6/h7-9,12,16-17H,10-11H2,1-6H3/t16-,17-/m1/s1/i5D3,6D3. The molecule has 1 aliphatic heterocycles. The minimum Gasteiger partial charge on any atom is -0.457 e. The number of rotatable bonds is 5. The lowest BCUT2D eigenvalue weighted by Gasteiger charge is -2.35. The van der Waals surface area contributed by atoms with Gasteiger partial charge in [0, 0.05) is 46.9 Å². The molecule has 0 aromatic heterocycles. The summed E-state index contributed by atoms with van der Waals surface area (Å²) in [6.45, 7) is -0.755. The van der Waals surface area contributed by atoms with E-state index in [4.69, 9.17) is 22.4 Å². The number of amides is 2. The van der Waals surface area contributed by atoms with Crippen LogP contribution in [0.15, 0.2) is 24.3 Å². The molecule has 0 unspecified atom stereocenters. The topological polar surface area (TPSA) is 102 Å². The van der Waals surface area contributed by atoms with Gasteiger partial charge in [-0.15, -0.1) is 0 Å². The van der Waals surface area contributed by atoms with E-state index in [-0.39, 0.29) is 29.3 Å². The van der Waals surface area contributed by atoms with E-state index in [0.29, 0.717) is 0 Å². The Kier molecular flexibility index (Phi) is 4.88. The monoisotopic (exact) mass is 426 g/mol. The highest BCUT2D eigenvalue weighted by molar-refractivity contribution is 6.02. The van der Waals surface area contributed by atoms with Crippen LogP contribution in [0, 0.1) is 0 Å². The van der Waals surface area contributed by atoms with Crippen molar-refractivity contribution in [2.24, 2.45) is 0 Å². The van der Waals surface area contributed by atoms with E-state index in [1.165, 1.54) is 18.2 Å². The normalized spacial score (nSPS) is 21.7. The Labute approximate surface area is 184 Å². The first-order valence-corrected chi connectivity index (χ1v) is 9.11. The largest absolute Gasteiger partial charge is 0.457 e. The third-order valence-electron chi connectivity index (χ3n) is 3.94. The lowest BCUT2D eigenvalue weighted by molar-refractivity contribution is -0.188. The first-order valence-electron chi connectivity index (χ1n) is 12.1. The van der Waals surface area contributed by atoms with E-state index < -0.39 is 55.5 Å². The van der Waals surface area contributed by atoms with E-state index in [1.54, 1.807) is 20.8 Å². The summed E-state index contributed by atoms with van der Waals surface area (Å²) in [6, 6.07) is 5.14. The fourth-order valence-corrected chi connectivity index (χ4v) is 2.79. The number of benzene rings is 1. The van der Waals surface area contributed by atoms with Gasteiger partial charge in [-0.2, -0.15) is 0 Å². The molecule has 30 heavy (non-hydrogen) atoms. The first kappa shape index (κ1) is 15.8. The second kappa shape index (κ2) is 9.25. The SMILES string of the molecule is [2H]C([2H])([2H])N(C(=O)c1cccc(N2CCO[C@H]([C@@H](OC(C)=O)C(=O)OC(C)(C)C)C2=O)c1)C([2H])([2H])[2H]. The number of ether oxygens (including phenoxy) is 3. The molecule has 0 radical (unpaired) electrons. The molecule has 1 aromatic carbocycles. The fraction of sp³-hybridized carbons (Fsp3) is 0.524. The average Bonchev–Trinajstić information content (AvgIpc) is 2.69. The van der Waals surface area contributed by atoms with Gasteiger partial charge in [0.2, 0.25) is 6.10 Å². The van der Waals surface area contributed by atoms with E-state index in [2.05, 4.69) is 0 Å². The van der Waals surface area contributed by atoms with Crippen LogP contribution >= 0.6 is 0 Å². The highest BCUT2D eigenvalue weighted by Crippen LogP contribution is 2.24. The molecule has 0 spiro atoms. The van der Waals surface area contributed by atoms with Crippen molar-refractivity contribution >= 4 is 29.4 Å². The maximum Gasteiger partial charge on any atom is 0.351 e. The molecule has 0 saturated carbocycles. The van der Waals surface area contributed by atoms with E-state index in [9.17, 15) is 19.2 Å². The van der Waals surface area contributed by atoms with Gasteiger partial charge in [0.25, 0.3) is 11.8 Å². The molecule has 1 fully saturated rings. The fourth-order valence-electron chi connectivity index (χ4n) is 2.79. The smallest absolute Gasteiger partial charge is 0.351 e. The highest BCUT2D eigenvalue weighted by atomic mass is 16.6. The van der Waals surface area contributed by atoms with Crippen LogP contribution in [0.4, 0.5) is 5.69 Å². The minimum atomic E-state index is -3.25. The Hall–Kier alpha value is -2.94. The van der Waals surface area contributed by atoms with Gasteiger partial charge in [-0.1, -0.05) is 6.07 Å². The zero-order valence-electron chi connectivity index (χ0n) is 23.1. The van der Waals surface area contributed by atoms with Crippen molar-refractivity contribution in [1.29, 1.82) is 0 Å². The molecule has 9 nitrogen and oxygen atoms in total. The van der Waals surface area contributed by atoms with Crippen molar-refractivity contribution in [3.8, 4) is 0 Å². The Balaban J connectivity index is 2.40. The van der Waals surface area contributed by atoms with Crippen LogP contribution in [0.3, 0.4) is 0 Å². The van der Waals surface area contributed by atoms with Crippen LogP contribution in [0.25, 0.3) is 0 Å². The third kappa shape index (κ3) is 5.79. The molecule has 164 valence electrons. The van der Waals surface area contributed by atoms with Crippen molar-refractivity contribution < 1.29 is 41.6 Å². The summed E-state index contributed by atoms with van der Waals surface area (Å²) in [4.78, 5) is 51.4. The summed E-state index contributed by atoms with van der Waals surface area (Å²) in [5.41, 5.74) is -1.13. The number of esters is 2. The maximum absolute atomic E-state index is 13.3. The lowest BCUT2D eigenvalue weighted by Crippen LogP contribution is -2.56. The Bertz CT molecular complexity index is 1010.